The van der Waals surface area contributed by atoms with Crippen LogP contribution in [0.15, 0.2) is 78.9 Å². The number of benzene rings is 3. The first kappa shape index (κ1) is 12.4. The molecule has 3 aromatic rings. The molecule has 1 aliphatic rings. The summed E-state index contributed by atoms with van der Waals surface area (Å²) in [7, 11) is 0. The predicted octanol–water partition coefficient (Wildman–Crippen LogP) is 5.60. The zero-order valence-corrected chi connectivity index (χ0v) is 12.2. The van der Waals surface area contributed by atoms with Gasteiger partial charge in [0.25, 0.3) is 0 Å². The van der Waals surface area contributed by atoms with Crippen molar-refractivity contribution < 1.29 is 0 Å². The maximum atomic E-state index is 2.35. The first-order valence-corrected chi connectivity index (χ1v) is 7.59. The maximum Gasteiger partial charge on any atom is 0.0162 e. The van der Waals surface area contributed by atoms with Gasteiger partial charge in [0.1, 0.15) is 0 Å². The van der Waals surface area contributed by atoms with Crippen molar-refractivity contribution in [3.05, 3.63) is 95.6 Å². The molecule has 0 fully saturated rings. The van der Waals surface area contributed by atoms with Gasteiger partial charge in [0, 0.05) is 5.92 Å². The van der Waals surface area contributed by atoms with Gasteiger partial charge >= 0.3 is 0 Å². The molecule has 0 radical (unpaired) electrons. The minimum Gasteiger partial charge on any atom is -0.0622 e. The Bertz CT molecular complexity index is 771. The van der Waals surface area contributed by atoms with Crippen molar-refractivity contribution in [2.75, 3.05) is 0 Å². The second-order valence-corrected chi connectivity index (χ2v) is 5.85. The molecule has 0 saturated heterocycles. The van der Waals surface area contributed by atoms with Crippen molar-refractivity contribution in [3.63, 3.8) is 0 Å². The second-order valence-electron chi connectivity index (χ2n) is 5.85. The minimum absolute atomic E-state index is 0.442. The van der Waals surface area contributed by atoms with Crippen LogP contribution >= 0.6 is 0 Å². The summed E-state index contributed by atoms with van der Waals surface area (Å²) in [6.07, 6.45) is 0. The Labute approximate surface area is 126 Å². The highest BCUT2D eigenvalue weighted by Crippen LogP contribution is 2.49. The SMILES string of the molecule is C[C@@H]1c2ccccc2-c2ccccc2[C@H]1c1ccccc1. The molecular formula is C21H18. The van der Waals surface area contributed by atoms with Crippen LogP contribution in [0.5, 0.6) is 0 Å². The van der Waals surface area contributed by atoms with Crippen LogP contribution in [0.1, 0.15) is 35.4 Å². The van der Waals surface area contributed by atoms with Gasteiger partial charge in [-0.15, -0.1) is 0 Å². The molecule has 3 aromatic carbocycles. The van der Waals surface area contributed by atoms with Gasteiger partial charge in [0.05, 0.1) is 0 Å². The van der Waals surface area contributed by atoms with Crippen molar-refractivity contribution in [2.45, 2.75) is 18.8 Å². The van der Waals surface area contributed by atoms with Crippen LogP contribution in [-0.4, -0.2) is 0 Å². The lowest BCUT2D eigenvalue weighted by Crippen LogP contribution is -2.16. The van der Waals surface area contributed by atoms with Crippen molar-refractivity contribution in [2.24, 2.45) is 0 Å². The van der Waals surface area contributed by atoms with E-state index in [-0.39, 0.29) is 0 Å². The summed E-state index contributed by atoms with van der Waals surface area (Å²) >= 11 is 0. The van der Waals surface area contributed by atoms with Gasteiger partial charge in [-0.3, -0.25) is 0 Å². The van der Waals surface area contributed by atoms with Crippen LogP contribution in [-0.2, 0) is 0 Å². The third-order valence-electron chi connectivity index (χ3n) is 4.70. The van der Waals surface area contributed by atoms with Gasteiger partial charge in [-0.2, -0.15) is 0 Å². The minimum atomic E-state index is 0.442. The molecule has 0 aliphatic heterocycles. The molecule has 102 valence electrons. The second kappa shape index (κ2) is 4.89. The standard InChI is InChI=1S/C21H18/c1-15-17-11-5-6-12-18(17)19-13-7-8-14-20(19)21(15)16-9-3-2-4-10-16/h2-15,21H,1H3/t15-,21-/m1/s1. The molecule has 4 rings (SSSR count). The first-order valence-electron chi connectivity index (χ1n) is 7.59. The van der Waals surface area contributed by atoms with Crippen LogP contribution < -0.4 is 0 Å². The molecule has 0 unspecified atom stereocenters. The molecule has 0 N–H and O–H groups in total. The van der Waals surface area contributed by atoms with Crippen molar-refractivity contribution in [1.29, 1.82) is 0 Å². The molecular weight excluding hydrogens is 252 g/mol. The van der Waals surface area contributed by atoms with Crippen molar-refractivity contribution in [3.8, 4) is 11.1 Å². The van der Waals surface area contributed by atoms with Gasteiger partial charge in [0.2, 0.25) is 0 Å². The monoisotopic (exact) mass is 270 g/mol. The number of hydrogen-bond donors (Lipinski definition) is 0. The van der Waals surface area contributed by atoms with Gasteiger partial charge in [0.15, 0.2) is 0 Å². The summed E-state index contributed by atoms with van der Waals surface area (Å²) in [5.41, 5.74) is 7.11. The van der Waals surface area contributed by atoms with Crippen LogP contribution in [0.2, 0.25) is 0 Å². The molecule has 0 saturated carbocycles. The maximum absolute atomic E-state index is 2.35. The molecule has 0 heterocycles. The summed E-state index contributed by atoms with van der Waals surface area (Å²) in [6, 6.07) is 28.6. The third kappa shape index (κ3) is 1.91. The lowest BCUT2D eigenvalue weighted by Gasteiger charge is -2.34. The van der Waals surface area contributed by atoms with Gasteiger partial charge in [-0.25, -0.2) is 0 Å². The molecule has 0 bridgehead atoms. The van der Waals surface area contributed by atoms with Gasteiger partial charge in [-0.05, 0) is 33.7 Å². The van der Waals surface area contributed by atoms with E-state index in [1.807, 2.05) is 0 Å². The normalized spacial score (nSPS) is 19.7. The van der Waals surface area contributed by atoms with Gasteiger partial charge < -0.3 is 0 Å². The summed E-state index contributed by atoms with van der Waals surface area (Å²) in [5, 5.41) is 0. The average molecular weight is 270 g/mol. The summed E-state index contributed by atoms with van der Waals surface area (Å²) in [4.78, 5) is 0. The fourth-order valence-corrected chi connectivity index (χ4v) is 3.73. The largest absolute Gasteiger partial charge is 0.0622 e. The fraction of sp³-hybridized carbons (Fsp3) is 0.143. The van der Waals surface area contributed by atoms with Crippen molar-refractivity contribution in [1.82, 2.24) is 0 Å². The lowest BCUT2D eigenvalue weighted by atomic mass is 9.70. The van der Waals surface area contributed by atoms with E-state index in [1.165, 1.54) is 27.8 Å². The Kier molecular flexibility index (Phi) is 2.89. The van der Waals surface area contributed by atoms with Crippen LogP contribution in [0.4, 0.5) is 0 Å². The Morgan fingerprint density at radius 2 is 1.10 bits per heavy atom. The quantitative estimate of drug-likeness (QED) is 0.539. The van der Waals surface area contributed by atoms with E-state index in [2.05, 4.69) is 85.8 Å². The van der Waals surface area contributed by atoms with E-state index in [9.17, 15) is 0 Å². The first-order chi connectivity index (χ1) is 10.4. The zero-order valence-electron chi connectivity index (χ0n) is 12.2. The molecule has 2 atom stereocenters. The smallest absolute Gasteiger partial charge is 0.0162 e. The third-order valence-corrected chi connectivity index (χ3v) is 4.70. The Balaban J connectivity index is 1.99. The summed E-state index contributed by atoms with van der Waals surface area (Å²) in [6.45, 7) is 2.35. The fourth-order valence-electron chi connectivity index (χ4n) is 3.73. The highest BCUT2D eigenvalue weighted by molar-refractivity contribution is 5.76. The highest BCUT2D eigenvalue weighted by Gasteiger charge is 2.31. The zero-order chi connectivity index (χ0) is 14.2. The molecule has 0 amide bonds. The number of fused-ring (bicyclic) bond motifs is 3. The molecule has 1 aliphatic carbocycles. The predicted molar refractivity (Wildman–Crippen MR) is 88.6 cm³/mol. The van der Waals surface area contributed by atoms with E-state index >= 15 is 0 Å². The molecule has 0 spiro atoms. The van der Waals surface area contributed by atoms with E-state index in [4.69, 9.17) is 0 Å². The topological polar surface area (TPSA) is 0 Å². The van der Waals surface area contributed by atoms with E-state index in [1.54, 1.807) is 0 Å². The molecule has 0 heteroatoms. The Morgan fingerprint density at radius 3 is 1.81 bits per heavy atom. The number of rotatable bonds is 1. The van der Waals surface area contributed by atoms with E-state index in [0.717, 1.165) is 0 Å². The summed E-state index contributed by atoms with van der Waals surface area (Å²) < 4.78 is 0. The van der Waals surface area contributed by atoms with E-state index in [0.29, 0.717) is 11.8 Å². The molecule has 0 nitrogen and oxygen atoms in total. The van der Waals surface area contributed by atoms with Gasteiger partial charge in [-0.1, -0.05) is 85.8 Å². The van der Waals surface area contributed by atoms with Crippen LogP contribution in [0, 0.1) is 0 Å². The average Bonchev–Trinajstić information content (AvgIpc) is 2.56. The van der Waals surface area contributed by atoms with E-state index < -0.39 is 0 Å². The Morgan fingerprint density at radius 1 is 0.571 bits per heavy atom. The lowest BCUT2D eigenvalue weighted by molar-refractivity contribution is 0.649. The Hall–Kier alpha value is -2.34. The summed E-state index contributed by atoms with van der Waals surface area (Å²) in [5.74, 6) is 0.941. The van der Waals surface area contributed by atoms with Crippen LogP contribution in [0.3, 0.4) is 0 Å². The number of hydrogen-bond acceptors (Lipinski definition) is 0. The van der Waals surface area contributed by atoms with Crippen LogP contribution in [0.25, 0.3) is 11.1 Å². The highest BCUT2D eigenvalue weighted by atomic mass is 14.3. The molecule has 21 heavy (non-hydrogen) atoms. The molecule has 0 aromatic heterocycles. The van der Waals surface area contributed by atoms with Crippen molar-refractivity contribution >= 4 is 0 Å².